The van der Waals surface area contributed by atoms with Crippen molar-refractivity contribution < 1.29 is 33.4 Å². The highest BCUT2D eigenvalue weighted by Gasteiger charge is 2.35. The van der Waals surface area contributed by atoms with E-state index in [1.165, 1.54) is 18.1 Å². The minimum absolute atomic E-state index is 0.0366. The second-order valence-electron chi connectivity index (χ2n) is 9.87. The number of carbonyl (C=O) groups excluding carboxylic acids is 3. The van der Waals surface area contributed by atoms with E-state index in [-0.39, 0.29) is 48.7 Å². The Bertz CT molecular complexity index is 1010. The van der Waals surface area contributed by atoms with Crippen LogP contribution in [-0.4, -0.2) is 84.9 Å². The molecule has 0 radical (unpaired) electrons. The summed E-state index contributed by atoms with van der Waals surface area (Å²) in [4.78, 5) is 40.4. The fourth-order valence-corrected chi connectivity index (χ4v) is 4.17. The fraction of sp³-hybridized carbons (Fsp3) is 0.560. The monoisotopic (exact) mass is 506 g/mol. The lowest BCUT2D eigenvalue weighted by molar-refractivity contribution is -0.136. The SMILES string of the molecule is COC(=O)C1=C(Nc2c(F)cccc2NCC2CCN(C(=O)OC(C)(C)C)CC2)C(=O)N(CCO)C1. The number of hydrogen-bond donors (Lipinski definition) is 3. The molecule has 1 fully saturated rings. The predicted molar refractivity (Wildman–Crippen MR) is 132 cm³/mol. The highest BCUT2D eigenvalue weighted by atomic mass is 19.1. The average molecular weight is 507 g/mol. The van der Waals surface area contributed by atoms with Gasteiger partial charge in [-0.05, 0) is 51.7 Å². The number of rotatable bonds is 8. The van der Waals surface area contributed by atoms with Crippen molar-refractivity contribution in [2.24, 2.45) is 5.92 Å². The molecule has 10 nitrogen and oxygen atoms in total. The number of likely N-dealkylation sites (tertiary alicyclic amines) is 1. The lowest BCUT2D eigenvalue weighted by atomic mass is 9.97. The molecule has 0 aliphatic carbocycles. The molecule has 1 aromatic carbocycles. The van der Waals surface area contributed by atoms with Gasteiger partial charge < -0.3 is 35.0 Å². The van der Waals surface area contributed by atoms with Gasteiger partial charge in [0.25, 0.3) is 5.91 Å². The number of nitrogens with zero attached hydrogens (tertiary/aromatic N) is 2. The number of hydrogen-bond acceptors (Lipinski definition) is 8. The number of aliphatic hydroxyl groups is 1. The predicted octanol–water partition coefficient (Wildman–Crippen LogP) is 2.56. The van der Waals surface area contributed by atoms with Crippen molar-refractivity contribution in [1.82, 2.24) is 9.80 Å². The number of methoxy groups -OCH3 is 1. The summed E-state index contributed by atoms with van der Waals surface area (Å²) in [7, 11) is 1.20. The summed E-state index contributed by atoms with van der Waals surface area (Å²) in [6.07, 6.45) is 1.20. The molecule has 1 saturated heterocycles. The number of β-amino-alcohol motifs (C(OH)–C–C–N with tert-alkyl or cyclic N) is 1. The Morgan fingerprint density at radius 3 is 2.53 bits per heavy atom. The molecule has 0 bridgehead atoms. The summed E-state index contributed by atoms with van der Waals surface area (Å²) in [5, 5.41) is 15.3. The van der Waals surface area contributed by atoms with Crippen LogP contribution in [0.4, 0.5) is 20.6 Å². The van der Waals surface area contributed by atoms with E-state index in [1.807, 2.05) is 20.8 Å². The maximum absolute atomic E-state index is 14.9. The zero-order valence-electron chi connectivity index (χ0n) is 21.2. The molecule has 2 aliphatic heterocycles. The van der Waals surface area contributed by atoms with Crippen LogP contribution in [0.2, 0.25) is 0 Å². The first kappa shape index (κ1) is 27.3. The molecule has 0 unspecified atom stereocenters. The third-order valence-electron chi connectivity index (χ3n) is 6.06. The molecule has 3 rings (SSSR count). The number of benzene rings is 1. The Balaban J connectivity index is 1.68. The molecule has 2 heterocycles. The van der Waals surface area contributed by atoms with E-state index in [4.69, 9.17) is 9.47 Å². The van der Waals surface area contributed by atoms with Gasteiger partial charge in [0.05, 0.1) is 37.2 Å². The van der Waals surface area contributed by atoms with Gasteiger partial charge in [0.15, 0.2) is 0 Å². The van der Waals surface area contributed by atoms with Crippen molar-refractivity contribution in [3.8, 4) is 0 Å². The van der Waals surface area contributed by atoms with Gasteiger partial charge in [-0.2, -0.15) is 0 Å². The second-order valence-corrected chi connectivity index (χ2v) is 9.87. The van der Waals surface area contributed by atoms with E-state index >= 15 is 0 Å². The number of amides is 2. The third-order valence-corrected chi connectivity index (χ3v) is 6.06. The lowest BCUT2D eigenvalue weighted by Crippen LogP contribution is -2.42. The second kappa shape index (κ2) is 11.6. The van der Waals surface area contributed by atoms with Gasteiger partial charge in [0.1, 0.15) is 17.1 Å². The Hall–Kier alpha value is -3.34. The van der Waals surface area contributed by atoms with Crippen molar-refractivity contribution in [2.75, 3.05) is 57.1 Å². The molecule has 0 aromatic heterocycles. The van der Waals surface area contributed by atoms with Crippen LogP contribution < -0.4 is 10.6 Å². The number of anilines is 2. The molecule has 1 aromatic rings. The standard InChI is InChI=1S/C25H35FN4O6/c1-25(2,3)36-24(34)29-10-8-16(9-11-29)14-27-19-7-5-6-18(26)21(19)28-20-17(23(33)35-4)15-30(12-13-31)22(20)32/h5-7,16,27-28,31H,8-15H2,1-4H3. The first-order chi connectivity index (χ1) is 17.0. The van der Waals surface area contributed by atoms with Crippen LogP contribution >= 0.6 is 0 Å². The van der Waals surface area contributed by atoms with Gasteiger partial charge in [0.2, 0.25) is 0 Å². The normalized spacial score (nSPS) is 16.9. The summed E-state index contributed by atoms with van der Waals surface area (Å²) in [6, 6.07) is 4.50. The molecule has 0 spiro atoms. The van der Waals surface area contributed by atoms with Gasteiger partial charge in [-0.15, -0.1) is 0 Å². The van der Waals surface area contributed by atoms with E-state index < -0.39 is 23.3 Å². The Kier molecular flexibility index (Phi) is 8.78. The molecule has 0 saturated carbocycles. The molecule has 0 atom stereocenters. The van der Waals surface area contributed by atoms with E-state index in [1.54, 1.807) is 17.0 Å². The number of para-hydroxylation sites is 1. The summed E-state index contributed by atoms with van der Waals surface area (Å²) >= 11 is 0. The zero-order valence-corrected chi connectivity index (χ0v) is 21.2. The topological polar surface area (TPSA) is 120 Å². The molecule has 3 N–H and O–H groups in total. The van der Waals surface area contributed by atoms with Crippen molar-refractivity contribution in [3.63, 3.8) is 0 Å². The molecular formula is C25H35FN4O6. The molecule has 198 valence electrons. The van der Waals surface area contributed by atoms with Gasteiger partial charge in [-0.25, -0.2) is 14.0 Å². The number of piperidine rings is 1. The zero-order chi connectivity index (χ0) is 26.5. The molecule has 36 heavy (non-hydrogen) atoms. The van der Waals surface area contributed by atoms with Crippen LogP contribution in [0.3, 0.4) is 0 Å². The van der Waals surface area contributed by atoms with Crippen molar-refractivity contribution in [3.05, 3.63) is 35.3 Å². The fourth-order valence-electron chi connectivity index (χ4n) is 4.17. The minimum Gasteiger partial charge on any atom is -0.466 e. The van der Waals surface area contributed by atoms with Gasteiger partial charge >= 0.3 is 12.1 Å². The maximum atomic E-state index is 14.9. The Labute approximate surface area is 210 Å². The van der Waals surface area contributed by atoms with Crippen molar-refractivity contribution in [2.45, 2.75) is 39.2 Å². The minimum atomic E-state index is -0.700. The number of aliphatic hydroxyl groups excluding tert-OH is 1. The number of nitrogens with one attached hydrogen (secondary N) is 2. The van der Waals surface area contributed by atoms with Gasteiger partial charge in [-0.1, -0.05) is 6.07 Å². The first-order valence-electron chi connectivity index (χ1n) is 12.0. The highest BCUT2D eigenvalue weighted by molar-refractivity contribution is 6.09. The number of carbonyl (C=O) groups is 3. The maximum Gasteiger partial charge on any atom is 0.410 e. The van der Waals surface area contributed by atoms with E-state index in [2.05, 4.69) is 10.6 Å². The van der Waals surface area contributed by atoms with E-state index in [0.29, 0.717) is 25.3 Å². The summed E-state index contributed by atoms with van der Waals surface area (Å²) in [6.45, 7) is 6.90. The first-order valence-corrected chi connectivity index (χ1v) is 12.0. The van der Waals surface area contributed by atoms with E-state index in [9.17, 15) is 23.9 Å². The van der Waals surface area contributed by atoms with Crippen LogP contribution in [0.1, 0.15) is 33.6 Å². The van der Waals surface area contributed by atoms with Crippen molar-refractivity contribution >= 4 is 29.3 Å². The largest absolute Gasteiger partial charge is 0.466 e. The Morgan fingerprint density at radius 2 is 1.92 bits per heavy atom. The van der Waals surface area contributed by atoms with Gasteiger partial charge in [0, 0.05) is 26.2 Å². The summed E-state index contributed by atoms with van der Waals surface area (Å²) in [5.74, 6) is -1.57. The summed E-state index contributed by atoms with van der Waals surface area (Å²) in [5.41, 5.74) is -0.0716. The number of ether oxygens (including phenoxy) is 2. The van der Waals surface area contributed by atoms with Crippen LogP contribution in [0, 0.1) is 11.7 Å². The molecule has 11 heteroatoms. The highest BCUT2D eigenvalue weighted by Crippen LogP contribution is 2.31. The quantitative estimate of drug-likeness (QED) is 0.460. The van der Waals surface area contributed by atoms with Gasteiger partial charge in [-0.3, -0.25) is 4.79 Å². The summed E-state index contributed by atoms with van der Waals surface area (Å²) < 4.78 is 25.1. The van der Waals surface area contributed by atoms with E-state index in [0.717, 1.165) is 12.8 Å². The van der Waals surface area contributed by atoms with Crippen LogP contribution in [0.5, 0.6) is 0 Å². The molecule has 2 amide bonds. The lowest BCUT2D eigenvalue weighted by Gasteiger charge is -2.33. The Morgan fingerprint density at radius 1 is 1.22 bits per heavy atom. The van der Waals surface area contributed by atoms with Crippen molar-refractivity contribution in [1.29, 1.82) is 0 Å². The third kappa shape index (κ3) is 6.66. The number of halogens is 1. The molecular weight excluding hydrogens is 471 g/mol. The molecule has 2 aliphatic rings. The van der Waals surface area contributed by atoms with Crippen LogP contribution in [0.25, 0.3) is 0 Å². The van der Waals surface area contributed by atoms with Crippen LogP contribution in [-0.2, 0) is 19.1 Å². The smallest absolute Gasteiger partial charge is 0.410 e. The number of esters is 1. The average Bonchev–Trinajstić information content (AvgIpc) is 3.13. The van der Waals surface area contributed by atoms with Crippen LogP contribution in [0.15, 0.2) is 29.5 Å².